The Labute approximate surface area is 90.4 Å². The van der Waals surface area contributed by atoms with E-state index in [0.29, 0.717) is 12.0 Å². The van der Waals surface area contributed by atoms with Gasteiger partial charge in [-0.05, 0) is 33.1 Å². The molecule has 0 aromatic rings. The number of nitrogens with zero attached hydrogens (tertiary/aromatic N) is 1. The molecule has 1 heterocycles. The summed E-state index contributed by atoms with van der Waals surface area (Å²) in [5.74, 6) is 6.14. The van der Waals surface area contributed by atoms with Crippen LogP contribution in [0.4, 0.5) is 0 Å². The Morgan fingerprint density at radius 2 is 2.27 bits per heavy atom. The van der Waals surface area contributed by atoms with Gasteiger partial charge in [-0.3, -0.25) is 5.43 Å². The van der Waals surface area contributed by atoms with Crippen LogP contribution in [0.2, 0.25) is 0 Å². The summed E-state index contributed by atoms with van der Waals surface area (Å²) >= 11 is 0. The first kappa shape index (κ1) is 10.7. The van der Waals surface area contributed by atoms with Crippen LogP contribution in [0.25, 0.3) is 0 Å². The number of nitrogens with one attached hydrogen (secondary N) is 2. The van der Waals surface area contributed by atoms with Gasteiger partial charge in [-0.15, -0.1) is 0 Å². The first-order valence-corrected chi connectivity index (χ1v) is 5.58. The monoisotopic (exact) mass is 212 g/mol. The quantitative estimate of drug-likeness (QED) is 0.263. The molecule has 2 rings (SSSR count). The van der Waals surface area contributed by atoms with Crippen molar-refractivity contribution in [1.82, 2.24) is 10.7 Å². The lowest BCUT2D eigenvalue weighted by Gasteiger charge is -2.30. The maximum absolute atomic E-state index is 5.55. The lowest BCUT2D eigenvalue weighted by atomic mass is 9.95. The largest absolute Gasteiger partial charge is 0.376 e. The zero-order valence-corrected chi connectivity index (χ0v) is 9.42. The fourth-order valence-electron chi connectivity index (χ4n) is 1.76. The molecule has 1 saturated carbocycles. The Hall–Kier alpha value is -0.810. The molecule has 5 nitrogen and oxygen atoms in total. The fraction of sp³-hybridized carbons (Fsp3) is 0.900. The van der Waals surface area contributed by atoms with Crippen LogP contribution in [-0.4, -0.2) is 30.3 Å². The Morgan fingerprint density at radius 1 is 1.53 bits per heavy atom. The third-order valence-corrected chi connectivity index (χ3v) is 3.29. The number of guanidine groups is 1. The topological polar surface area (TPSA) is 71.7 Å². The molecule has 0 spiro atoms. The first-order chi connectivity index (χ1) is 7.14. The van der Waals surface area contributed by atoms with Gasteiger partial charge in [0.15, 0.2) is 0 Å². The molecule has 1 aliphatic heterocycles. The van der Waals surface area contributed by atoms with Gasteiger partial charge in [0.2, 0.25) is 5.96 Å². The van der Waals surface area contributed by atoms with Crippen LogP contribution in [0.3, 0.4) is 0 Å². The predicted molar refractivity (Wildman–Crippen MR) is 59.4 cm³/mol. The summed E-state index contributed by atoms with van der Waals surface area (Å²) in [5.41, 5.74) is 2.57. The van der Waals surface area contributed by atoms with Gasteiger partial charge in [0, 0.05) is 6.61 Å². The average Bonchev–Trinajstić information content (AvgIpc) is 2.95. The second-order valence-corrected chi connectivity index (χ2v) is 4.66. The van der Waals surface area contributed by atoms with Crippen molar-refractivity contribution in [2.45, 2.75) is 50.8 Å². The SMILES string of the molecule is CC1OCCC1(C)NC(=NC1CC1)NN. The van der Waals surface area contributed by atoms with Crippen molar-refractivity contribution in [2.75, 3.05) is 6.61 Å². The minimum absolute atomic E-state index is 0.0555. The van der Waals surface area contributed by atoms with E-state index >= 15 is 0 Å². The summed E-state index contributed by atoms with van der Waals surface area (Å²) < 4.78 is 5.55. The van der Waals surface area contributed by atoms with E-state index in [9.17, 15) is 0 Å². The number of aliphatic imine (C=N–C) groups is 1. The van der Waals surface area contributed by atoms with E-state index in [4.69, 9.17) is 10.6 Å². The van der Waals surface area contributed by atoms with Crippen molar-refractivity contribution >= 4 is 5.96 Å². The molecular formula is C10H20N4O. The normalized spacial score (nSPS) is 36.7. The molecule has 1 saturated heterocycles. The maximum Gasteiger partial charge on any atom is 0.206 e. The predicted octanol–water partition coefficient (Wildman–Crippen LogP) is 0.125. The van der Waals surface area contributed by atoms with E-state index in [-0.39, 0.29) is 11.6 Å². The highest BCUT2D eigenvalue weighted by atomic mass is 16.5. The second-order valence-electron chi connectivity index (χ2n) is 4.66. The summed E-state index contributed by atoms with van der Waals surface area (Å²) in [6.45, 7) is 5.02. The van der Waals surface area contributed by atoms with E-state index < -0.39 is 0 Å². The van der Waals surface area contributed by atoms with Gasteiger partial charge in [0.1, 0.15) is 0 Å². The summed E-state index contributed by atoms with van der Waals surface area (Å²) in [6, 6.07) is 0.463. The van der Waals surface area contributed by atoms with Gasteiger partial charge in [0.05, 0.1) is 17.7 Å². The minimum atomic E-state index is -0.0555. The molecule has 15 heavy (non-hydrogen) atoms. The third-order valence-electron chi connectivity index (χ3n) is 3.29. The van der Waals surface area contributed by atoms with Crippen molar-refractivity contribution in [3.63, 3.8) is 0 Å². The fourth-order valence-corrected chi connectivity index (χ4v) is 1.76. The Kier molecular flexibility index (Phi) is 2.84. The summed E-state index contributed by atoms with van der Waals surface area (Å²) in [7, 11) is 0. The first-order valence-electron chi connectivity index (χ1n) is 5.58. The smallest absolute Gasteiger partial charge is 0.206 e. The van der Waals surface area contributed by atoms with Crippen LogP contribution in [0, 0.1) is 0 Å². The summed E-state index contributed by atoms with van der Waals surface area (Å²) in [5, 5.41) is 3.35. The molecule has 5 heteroatoms. The van der Waals surface area contributed by atoms with Crippen LogP contribution < -0.4 is 16.6 Å². The number of hydrogen-bond donors (Lipinski definition) is 3. The molecule has 2 atom stereocenters. The molecule has 2 unspecified atom stereocenters. The third kappa shape index (κ3) is 2.41. The molecule has 86 valence electrons. The molecule has 0 amide bonds. The van der Waals surface area contributed by atoms with Crippen molar-refractivity contribution < 1.29 is 4.74 Å². The molecule has 1 aliphatic carbocycles. The van der Waals surface area contributed by atoms with Crippen molar-refractivity contribution in [3.05, 3.63) is 0 Å². The lowest BCUT2D eigenvalue weighted by molar-refractivity contribution is 0.0945. The summed E-state index contributed by atoms with van der Waals surface area (Å²) in [4.78, 5) is 4.46. The van der Waals surface area contributed by atoms with Crippen molar-refractivity contribution in [1.29, 1.82) is 0 Å². The number of hydrogen-bond acceptors (Lipinski definition) is 3. The molecule has 0 radical (unpaired) electrons. The van der Waals surface area contributed by atoms with Gasteiger partial charge in [-0.1, -0.05) is 0 Å². The number of nitrogens with two attached hydrogens (primary N) is 1. The van der Waals surface area contributed by atoms with Gasteiger partial charge in [-0.2, -0.15) is 0 Å². The number of rotatable bonds is 2. The molecular weight excluding hydrogens is 192 g/mol. The van der Waals surface area contributed by atoms with Crippen LogP contribution in [-0.2, 0) is 4.74 Å². The summed E-state index contributed by atoms with van der Waals surface area (Å²) in [6.07, 6.45) is 3.53. The Bertz CT molecular complexity index is 264. The van der Waals surface area contributed by atoms with E-state index in [0.717, 1.165) is 13.0 Å². The van der Waals surface area contributed by atoms with E-state index in [1.54, 1.807) is 0 Å². The molecule has 4 N–H and O–H groups in total. The zero-order chi connectivity index (χ0) is 10.9. The van der Waals surface area contributed by atoms with Crippen molar-refractivity contribution in [3.8, 4) is 0 Å². The molecule has 2 aliphatic rings. The average molecular weight is 212 g/mol. The second kappa shape index (κ2) is 3.98. The highest BCUT2D eigenvalue weighted by Crippen LogP contribution is 2.26. The van der Waals surface area contributed by atoms with E-state index in [1.807, 2.05) is 0 Å². The number of hydrazine groups is 1. The molecule has 0 bridgehead atoms. The molecule has 2 fully saturated rings. The van der Waals surface area contributed by atoms with Crippen molar-refractivity contribution in [2.24, 2.45) is 10.8 Å². The standard InChI is InChI=1S/C10H20N4O/c1-7-10(2,5-6-15-7)13-9(14-11)12-8-3-4-8/h7-8H,3-6,11H2,1-2H3,(H2,12,13,14). The van der Waals surface area contributed by atoms with Crippen LogP contribution in [0.5, 0.6) is 0 Å². The van der Waals surface area contributed by atoms with Gasteiger partial charge in [0.25, 0.3) is 0 Å². The number of ether oxygens (including phenoxy) is 1. The minimum Gasteiger partial charge on any atom is -0.376 e. The Balaban J connectivity index is 1.98. The van der Waals surface area contributed by atoms with Gasteiger partial charge < -0.3 is 10.1 Å². The van der Waals surface area contributed by atoms with E-state index in [1.165, 1.54) is 12.8 Å². The highest BCUT2D eigenvalue weighted by Gasteiger charge is 2.38. The van der Waals surface area contributed by atoms with Crippen LogP contribution >= 0.6 is 0 Å². The Morgan fingerprint density at radius 3 is 2.73 bits per heavy atom. The maximum atomic E-state index is 5.55. The highest BCUT2D eigenvalue weighted by molar-refractivity contribution is 5.80. The molecule has 0 aromatic heterocycles. The lowest BCUT2D eigenvalue weighted by Crippen LogP contribution is -2.56. The van der Waals surface area contributed by atoms with Gasteiger partial charge >= 0.3 is 0 Å². The van der Waals surface area contributed by atoms with Gasteiger partial charge in [-0.25, -0.2) is 10.8 Å². The zero-order valence-electron chi connectivity index (χ0n) is 9.42. The molecule has 0 aromatic carbocycles. The van der Waals surface area contributed by atoms with Crippen LogP contribution in [0.15, 0.2) is 4.99 Å². The van der Waals surface area contributed by atoms with E-state index in [2.05, 4.69) is 29.6 Å². The van der Waals surface area contributed by atoms with Crippen LogP contribution in [0.1, 0.15) is 33.1 Å².